The Hall–Kier alpha value is -2.33. The highest BCUT2D eigenvalue weighted by molar-refractivity contribution is 5.75. The Kier molecular flexibility index (Phi) is 9.74. The molecule has 28 heavy (non-hydrogen) atoms. The van der Waals surface area contributed by atoms with Crippen LogP contribution in [0.15, 0.2) is 42.5 Å². The lowest BCUT2D eigenvalue weighted by molar-refractivity contribution is 0.112. The van der Waals surface area contributed by atoms with Crippen molar-refractivity contribution < 1.29 is 20.1 Å². The summed E-state index contributed by atoms with van der Waals surface area (Å²) >= 11 is 0. The molecular weight excluding hydrogens is 352 g/mol. The van der Waals surface area contributed by atoms with Crippen molar-refractivity contribution in [1.82, 2.24) is 0 Å². The topological polar surface area (TPSA) is 78.0 Å². The number of rotatable bonds is 4. The van der Waals surface area contributed by atoms with E-state index in [1.807, 2.05) is 44.2 Å². The van der Waals surface area contributed by atoms with Gasteiger partial charge in [-0.3, -0.25) is 4.79 Å². The van der Waals surface area contributed by atoms with E-state index in [1.54, 1.807) is 12.1 Å². The van der Waals surface area contributed by atoms with Crippen LogP contribution in [0.25, 0.3) is 0 Å². The number of hydrogen-bond acceptors (Lipinski definition) is 3. The van der Waals surface area contributed by atoms with Crippen molar-refractivity contribution in [1.29, 1.82) is 0 Å². The largest absolute Gasteiger partial charge is 0.508 e. The van der Waals surface area contributed by atoms with E-state index in [0.717, 1.165) is 36.0 Å². The fourth-order valence-corrected chi connectivity index (χ4v) is 3.40. The van der Waals surface area contributed by atoms with E-state index in [9.17, 15) is 9.90 Å². The zero-order valence-electron chi connectivity index (χ0n) is 17.4. The zero-order chi connectivity index (χ0) is 19.8. The van der Waals surface area contributed by atoms with Gasteiger partial charge in [0, 0.05) is 5.56 Å². The van der Waals surface area contributed by atoms with E-state index >= 15 is 0 Å². The number of carbonyl (C=O) groups is 1. The third-order valence-electron chi connectivity index (χ3n) is 5.70. The highest BCUT2D eigenvalue weighted by atomic mass is 16.5. The third-order valence-corrected chi connectivity index (χ3v) is 5.70. The van der Waals surface area contributed by atoms with Crippen molar-refractivity contribution in [3.63, 3.8) is 0 Å². The van der Waals surface area contributed by atoms with Crippen molar-refractivity contribution in [2.75, 3.05) is 6.61 Å². The van der Waals surface area contributed by atoms with Gasteiger partial charge in [-0.05, 0) is 85.9 Å². The Balaban J connectivity index is 0.000000307. The van der Waals surface area contributed by atoms with Crippen LogP contribution in [0.3, 0.4) is 0 Å². The number of carbonyl (C=O) groups excluding carboxylic acids is 1. The van der Waals surface area contributed by atoms with Crippen molar-refractivity contribution in [2.45, 2.75) is 47.0 Å². The van der Waals surface area contributed by atoms with Gasteiger partial charge in [0.15, 0.2) is 0 Å². The summed E-state index contributed by atoms with van der Waals surface area (Å²) in [4.78, 5) is 10.3. The Bertz CT molecular complexity index is 724. The second-order valence-electron chi connectivity index (χ2n) is 7.90. The van der Waals surface area contributed by atoms with Crippen LogP contribution in [0.2, 0.25) is 0 Å². The van der Waals surface area contributed by atoms with Gasteiger partial charge >= 0.3 is 0 Å². The van der Waals surface area contributed by atoms with Crippen LogP contribution < -0.4 is 4.74 Å². The molecule has 0 heterocycles. The Morgan fingerprint density at radius 1 is 1.00 bits per heavy atom. The first-order chi connectivity index (χ1) is 12.9. The van der Waals surface area contributed by atoms with Crippen molar-refractivity contribution >= 4 is 6.29 Å². The number of phenolic OH excluding ortho intramolecular Hbond substituents is 1. The molecule has 0 spiro atoms. The first-order valence-electron chi connectivity index (χ1n) is 9.83. The van der Waals surface area contributed by atoms with Crippen LogP contribution in [0.1, 0.15) is 54.6 Å². The second-order valence-corrected chi connectivity index (χ2v) is 7.90. The molecule has 0 aliphatic heterocycles. The Morgan fingerprint density at radius 2 is 1.68 bits per heavy atom. The second kappa shape index (κ2) is 11.5. The average molecular weight is 387 g/mol. The highest BCUT2D eigenvalue weighted by Gasteiger charge is 2.24. The molecule has 154 valence electrons. The smallest absolute Gasteiger partial charge is 0.150 e. The molecular formula is C24H34O4. The number of phenols is 1. The summed E-state index contributed by atoms with van der Waals surface area (Å²) in [6.45, 7) is 9.53. The van der Waals surface area contributed by atoms with Crippen LogP contribution in [-0.2, 0) is 0 Å². The van der Waals surface area contributed by atoms with Crippen LogP contribution in [-0.4, -0.2) is 23.5 Å². The molecule has 3 N–H and O–H groups in total. The van der Waals surface area contributed by atoms with Gasteiger partial charge in [-0.15, -0.1) is 0 Å². The summed E-state index contributed by atoms with van der Waals surface area (Å²) in [6, 6.07) is 12.7. The molecule has 3 rings (SSSR count). The summed E-state index contributed by atoms with van der Waals surface area (Å²) in [6.07, 6.45) is 4.75. The molecule has 2 aromatic carbocycles. The molecule has 4 nitrogen and oxygen atoms in total. The fourth-order valence-electron chi connectivity index (χ4n) is 3.40. The number of hydrogen-bond donors (Lipinski definition) is 1. The lowest BCUT2D eigenvalue weighted by Gasteiger charge is -2.31. The number of aryl methyl sites for hydroxylation is 2. The van der Waals surface area contributed by atoms with Gasteiger partial charge in [-0.1, -0.05) is 32.4 Å². The van der Waals surface area contributed by atoms with E-state index in [-0.39, 0.29) is 11.2 Å². The molecule has 0 bridgehead atoms. The number of ether oxygens (including phenoxy) is 1. The molecule has 1 aliphatic carbocycles. The summed E-state index contributed by atoms with van der Waals surface area (Å²) in [5.41, 5.74) is 3.15. The Labute approximate surface area is 168 Å². The summed E-state index contributed by atoms with van der Waals surface area (Å²) in [5, 5.41) is 9.18. The maximum absolute atomic E-state index is 10.3. The molecule has 1 aliphatic rings. The van der Waals surface area contributed by atoms with Crippen LogP contribution in [0.5, 0.6) is 11.5 Å². The van der Waals surface area contributed by atoms with E-state index in [0.29, 0.717) is 5.92 Å². The molecule has 0 amide bonds. The lowest BCUT2D eigenvalue weighted by Crippen LogP contribution is -2.24. The number of aromatic hydroxyl groups is 1. The predicted molar refractivity (Wildman–Crippen MR) is 114 cm³/mol. The molecule has 1 fully saturated rings. The first-order valence-corrected chi connectivity index (χ1v) is 9.83. The van der Waals surface area contributed by atoms with Gasteiger partial charge in [0.25, 0.3) is 0 Å². The summed E-state index contributed by atoms with van der Waals surface area (Å²) < 4.78 is 5.77. The minimum Gasteiger partial charge on any atom is -0.508 e. The van der Waals surface area contributed by atoms with Gasteiger partial charge in [-0.25, -0.2) is 0 Å². The van der Waals surface area contributed by atoms with Crippen molar-refractivity contribution in [2.24, 2.45) is 17.8 Å². The monoisotopic (exact) mass is 386 g/mol. The Morgan fingerprint density at radius 3 is 2.25 bits per heavy atom. The molecule has 0 saturated heterocycles. The number of benzene rings is 2. The van der Waals surface area contributed by atoms with Crippen molar-refractivity contribution in [3.05, 3.63) is 59.2 Å². The SMILES string of the molecule is CC1CCC(COc2ccc(O)cc2)CC1C.Cc1ccc(C=O)cc1C.O. The maximum atomic E-state index is 10.3. The fraction of sp³-hybridized carbons (Fsp3) is 0.458. The minimum absolute atomic E-state index is 0. The third kappa shape index (κ3) is 7.35. The highest BCUT2D eigenvalue weighted by Crippen LogP contribution is 2.33. The van der Waals surface area contributed by atoms with E-state index in [4.69, 9.17) is 4.74 Å². The average Bonchev–Trinajstić information content (AvgIpc) is 2.67. The molecule has 3 atom stereocenters. The first kappa shape index (κ1) is 23.7. The molecule has 2 aromatic rings. The van der Waals surface area contributed by atoms with Crippen LogP contribution >= 0.6 is 0 Å². The van der Waals surface area contributed by atoms with E-state index in [1.165, 1.54) is 30.4 Å². The van der Waals surface area contributed by atoms with Gasteiger partial charge in [0.05, 0.1) is 6.61 Å². The van der Waals surface area contributed by atoms with E-state index < -0.39 is 0 Å². The normalized spacial score (nSPS) is 20.9. The molecule has 3 unspecified atom stereocenters. The van der Waals surface area contributed by atoms with Gasteiger partial charge in [0.1, 0.15) is 17.8 Å². The standard InChI is InChI=1S/C15H22O2.C9H10O.H2O/c1-11-3-4-13(9-12(11)2)10-17-15-7-5-14(16)6-8-15;1-7-3-4-9(6-10)5-8(7)2;/h5-8,11-13,16H,3-4,9-10H2,1-2H3;3-6H,1-2H3;1H2. The molecule has 1 saturated carbocycles. The lowest BCUT2D eigenvalue weighted by atomic mass is 9.76. The molecule has 0 radical (unpaired) electrons. The van der Waals surface area contributed by atoms with Gasteiger partial charge in [-0.2, -0.15) is 0 Å². The molecule has 0 aromatic heterocycles. The summed E-state index contributed by atoms with van der Waals surface area (Å²) in [7, 11) is 0. The maximum Gasteiger partial charge on any atom is 0.150 e. The predicted octanol–water partition coefficient (Wildman–Crippen LogP) is 5.13. The summed E-state index contributed by atoms with van der Waals surface area (Å²) in [5.74, 6) is 3.51. The molecule has 4 heteroatoms. The minimum atomic E-state index is 0. The number of aldehydes is 1. The van der Waals surface area contributed by atoms with Crippen LogP contribution in [0.4, 0.5) is 0 Å². The van der Waals surface area contributed by atoms with Crippen LogP contribution in [0, 0.1) is 31.6 Å². The van der Waals surface area contributed by atoms with E-state index in [2.05, 4.69) is 13.8 Å². The van der Waals surface area contributed by atoms with Gasteiger partial charge in [0.2, 0.25) is 0 Å². The quantitative estimate of drug-likeness (QED) is 0.740. The van der Waals surface area contributed by atoms with Crippen molar-refractivity contribution in [3.8, 4) is 11.5 Å². The van der Waals surface area contributed by atoms with Gasteiger partial charge < -0.3 is 15.3 Å². The zero-order valence-corrected chi connectivity index (χ0v) is 17.4.